The molecular weight excluding hydrogens is 316 g/mol. The fourth-order valence-corrected chi connectivity index (χ4v) is 3.04. The average Bonchev–Trinajstić information content (AvgIpc) is 2.38. The predicted molar refractivity (Wildman–Crippen MR) is 76.8 cm³/mol. The minimum absolute atomic E-state index is 0.0813. The summed E-state index contributed by atoms with van der Waals surface area (Å²) in [6.07, 6.45) is 3.04. The number of rotatable bonds is 4. The van der Waals surface area contributed by atoms with Crippen LogP contribution in [0.15, 0.2) is 46.5 Å². The smallest absolute Gasteiger partial charge is 0.266 e. The van der Waals surface area contributed by atoms with E-state index in [4.69, 9.17) is 5.73 Å². The van der Waals surface area contributed by atoms with E-state index in [1.165, 1.54) is 18.2 Å². The van der Waals surface area contributed by atoms with Crippen molar-refractivity contribution >= 4 is 31.5 Å². The Labute approximate surface area is 122 Å². The fraction of sp³-hybridized carbons (Fsp3) is 0.0909. The first-order valence-corrected chi connectivity index (χ1v) is 8.97. The molecule has 0 aliphatic carbocycles. The van der Waals surface area contributed by atoms with Crippen molar-refractivity contribution in [2.45, 2.75) is 9.79 Å². The molecule has 0 aliphatic heterocycles. The van der Waals surface area contributed by atoms with Crippen molar-refractivity contribution in [1.29, 1.82) is 0 Å². The van der Waals surface area contributed by atoms with Gasteiger partial charge in [-0.2, -0.15) is 0 Å². The summed E-state index contributed by atoms with van der Waals surface area (Å²) in [5.74, 6) is -0.245. The summed E-state index contributed by atoms with van der Waals surface area (Å²) >= 11 is 0. The Balaban J connectivity index is 2.32. The van der Waals surface area contributed by atoms with Crippen LogP contribution in [0, 0.1) is 0 Å². The van der Waals surface area contributed by atoms with Gasteiger partial charge in [0.2, 0.25) is 5.95 Å². The van der Waals surface area contributed by atoms with E-state index in [2.05, 4.69) is 14.7 Å². The summed E-state index contributed by atoms with van der Waals surface area (Å²) < 4.78 is 48.9. The molecule has 1 heterocycles. The van der Waals surface area contributed by atoms with Gasteiger partial charge in [-0.3, -0.25) is 0 Å². The third-order valence-electron chi connectivity index (χ3n) is 2.49. The molecule has 0 atom stereocenters. The molecule has 1 aromatic heterocycles. The highest BCUT2D eigenvalue weighted by Gasteiger charge is 2.18. The van der Waals surface area contributed by atoms with Gasteiger partial charge in [0.1, 0.15) is 9.79 Å². The van der Waals surface area contributed by atoms with Gasteiger partial charge >= 0.3 is 0 Å². The van der Waals surface area contributed by atoms with Gasteiger partial charge in [-0.1, -0.05) is 12.1 Å². The van der Waals surface area contributed by atoms with E-state index in [0.717, 1.165) is 18.6 Å². The maximum atomic E-state index is 12.1. The van der Waals surface area contributed by atoms with Crippen molar-refractivity contribution in [2.24, 2.45) is 0 Å². The molecule has 0 spiro atoms. The molecule has 0 bridgehead atoms. The minimum atomic E-state index is -3.94. The monoisotopic (exact) mass is 328 g/mol. The molecule has 112 valence electrons. The molecule has 0 fully saturated rings. The molecule has 10 heteroatoms. The third kappa shape index (κ3) is 3.47. The van der Waals surface area contributed by atoms with Gasteiger partial charge in [0.05, 0.1) is 18.1 Å². The van der Waals surface area contributed by atoms with Gasteiger partial charge in [0.15, 0.2) is 9.84 Å². The predicted octanol–water partition coefficient (Wildman–Crippen LogP) is 0.263. The Kier molecular flexibility index (Phi) is 3.83. The Morgan fingerprint density at radius 3 is 2.14 bits per heavy atom. The number of nitrogens with two attached hydrogens (primary N) is 1. The summed E-state index contributed by atoms with van der Waals surface area (Å²) in [6, 6.07) is 5.91. The zero-order valence-corrected chi connectivity index (χ0v) is 12.5. The highest BCUT2D eigenvalue weighted by Crippen LogP contribution is 2.19. The SMILES string of the molecule is CS(=O)(=O)c1cnc(NS(=O)(=O)c2ccccc2N)nc1. The van der Waals surface area contributed by atoms with Crippen LogP contribution in [0.3, 0.4) is 0 Å². The second kappa shape index (κ2) is 5.30. The van der Waals surface area contributed by atoms with Crippen molar-refractivity contribution in [2.75, 3.05) is 16.7 Å². The van der Waals surface area contributed by atoms with Gasteiger partial charge in [-0.15, -0.1) is 0 Å². The second-order valence-electron chi connectivity index (χ2n) is 4.16. The van der Waals surface area contributed by atoms with E-state index in [1.54, 1.807) is 6.07 Å². The van der Waals surface area contributed by atoms with Crippen LogP contribution in [0.2, 0.25) is 0 Å². The summed E-state index contributed by atoms with van der Waals surface area (Å²) in [5, 5.41) is 0. The van der Waals surface area contributed by atoms with Gasteiger partial charge in [-0.25, -0.2) is 31.5 Å². The molecule has 0 saturated heterocycles. The van der Waals surface area contributed by atoms with E-state index >= 15 is 0 Å². The summed E-state index contributed by atoms with van der Waals surface area (Å²) in [6.45, 7) is 0. The molecule has 0 unspecified atom stereocenters. The van der Waals surface area contributed by atoms with Crippen LogP contribution in [-0.2, 0) is 19.9 Å². The molecule has 2 rings (SSSR count). The van der Waals surface area contributed by atoms with Crippen LogP contribution >= 0.6 is 0 Å². The van der Waals surface area contributed by atoms with Crippen LogP contribution < -0.4 is 10.5 Å². The average molecular weight is 328 g/mol. The number of benzene rings is 1. The first-order chi connectivity index (χ1) is 9.70. The number of para-hydroxylation sites is 1. The van der Waals surface area contributed by atoms with Gasteiger partial charge in [0.25, 0.3) is 10.0 Å². The first-order valence-electron chi connectivity index (χ1n) is 5.59. The lowest BCUT2D eigenvalue weighted by Crippen LogP contribution is -2.16. The molecular formula is C11H12N4O4S2. The second-order valence-corrected chi connectivity index (χ2v) is 7.82. The number of anilines is 2. The number of sulfone groups is 1. The summed E-state index contributed by atoms with van der Waals surface area (Å²) in [4.78, 5) is 7.11. The molecule has 21 heavy (non-hydrogen) atoms. The highest BCUT2D eigenvalue weighted by molar-refractivity contribution is 7.93. The third-order valence-corrected chi connectivity index (χ3v) is 4.96. The molecule has 1 aromatic carbocycles. The lowest BCUT2D eigenvalue weighted by atomic mass is 10.3. The van der Waals surface area contributed by atoms with Crippen molar-refractivity contribution < 1.29 is 16.8 Å². The van der Waals surface area contributed by atoms with Gasteiger partial charge in [-0.05, 0) is 12.1 Å². The highest BCUT2D eigenvalue weighted by atomic mass is 32.2. The van der Waals surface area contributed by atoms with E-state index < -0.39 is 19.9 Å². The quantitative estimate of drug-likeness (QED) is 0.769. The zero-order chi connectivity index (χ0) is 15.7. The molecule has 0 amide bonds. The number of nitrogens with one attached hydrogen (secondary N) is 1. The van der Waals surface area contributed by atoms with E-state index in [0.29, 0.717) is 0 Å². The first kappa shape index (κ1) is 15.2. The van der Waals surface area contributed by atoms with Crippen LogP contribution in [0.5, 0.6) is 0 Å². The summed E-state index contributed by atoms with van der Waals surface area (Å²) in [7, 11) is -7.39. The number of hydrogen-bond donors (Lipinski definition) is 2. The lowest BCUT2D eigenvalue weighted by Gasteiger charge is -2.08. The topological polar surface area (TPSA) is 132 Å². The Morgan fingerprint density at radius 1 is 1.05 bits per heavy atom. The Morgan fingerprint density at radius 2 is 1.62 bits per heavy atom. The van der Waals surface area contributed by atoms with Crippen molar-refractivity contribution in [1.82, 2.24) is 9.97 Å². The van der Waals surface area contributed by atoms with E-state index in [1.807, 2.05) is 0 Å². The Bertz CT molecular complexity index is 861. The number of sulfonamides is 1. The van der Waals surface area contributed by atoms with Crippen LogP contribution in [0.1, 0.15) is 0 Å². The van der Waals surface area contributed by atoms with Crippen molar-refractivity contribution in [3.63, 3.8) is 0 Å². The van der Waals surface area contributed by atoms with Crippen LogP contribution in [0.4, 0.5) is 11.6 Å². The Hall–Kier alpha value is -2.20. The molecule has 0 saturated carbocycles. The minimum Gasteiger partial charge on any atom is -0.398 e. The molecule has 8 nitrogen and oxygen atoms in total. The summed E-state index contributed by atoms with van der Waals surface area (Å²) in [5.41, 5.74) is 5.68. The van der Waals surface area contributed by atoms with Gasteiger partial charge in [0, 0.05) is 6.26 Å². The number of hydrogen-bond acceptors (Lipinski definition) is 7. The standard InChI is InChI=1S/C11H12N4O4S2/c1-20(16,17)8-6-13-11(14-7-8)15-21(18,19)10-5-3-2-4-9(10)12/h2-7H,12H2,1H3,(H,13,14,15). The largest absolute Gasteiger partial charge is 0.398 e. The van der Waals surface area contributed by atoms with Crippen LogP contribution in [0.25, 0.3) is 0 Å². The molecule has 2 aromatic rings. The maximum Gasteiger partial charge on any atom is 0.266 e. The molecule has 3 N–H and O–H groups in total. The van der Waals surface area contributed by atoms with Crippen molar-refractivity contribution in [3.8, 4) is 0 Å². The van der Waals surface area contributed by atoms with Crippen LogP contribution in [-0.4, -0.2) is 33.1 Å². The van der Waals surface area contributed by atoms with Gasteiger partial charge < -0.3 is 5.73 Å². The van der Waals surface area contributed by atoms with E-state index in [9.17, 15) is 16.8 Å². The lowest BCUT2D eigenvalue weighted by molar-refractivity contribution is 0.600. The van der Waals surface area contributed by atoms with Crippen molar-refractivity contribution in [3.05, 3.63) is 36.7 Å². The molecule has 0 aliphatic rings. The number of aromatic nitrogens is 2. The fourth-order valence-electron chi connectivity index (χ4n) is 1.46. The maximum absolute atomic E-state index is 12.1. The molecule has 0 radical (unpaired) electrons. The zero-order valence-electron chi connectivity index (χ0n) is 10.9. The van der Waals surface area contributed by atoms with E-state index in [-0.39, 0.29) is 21.4 Å². The number of nitrogens with zero attached hydrogens (tertiary/aromatic N) is 2. The normalized spacial score (nSPS) is 12.0. The number of nitrogen functional groups attached to an aromatic ring is 1.